The molecule has 0 aliphatic rings. The van der Waals surface area contributed by atoms with E-state index in [1.165, 1.54) is 6.11 Å². The average molecular weight is 413 g/mol. The van der Waals surface area contributed by atoms with Crippen LogP contribution >= 0.6 is 0 Å². The van der Waals surface area contributed by atoms with E-state index in [4.69, 9.17) is 24.6 Å². The summed E-state index contributed by atoms with van der Waals surface area (Å²) in [6, 6.07) is 0. The Balaban J connectivity index is -0.00000000125. The van der Waals surface area contributed by atoms with Crippen LogP contribution in [0.1, 0.15) is 59.4 Å². The van der Waals surface area contributed by atoms with E-state index < -0.39 is 0 Å². The van der Waals surface area contributed by atoms with Crippen LogP contribution in [0.3, 0.4) is 0 Å². The molecule has 0 aromatic rings. The minimum Gasteiger partial charge on any atom is -0.483 e. The second-order valence-corrected chi connectivity index (χ2v) is 0.318. The first-order valence-electron chi connectivity index (χ1n) is 1.75. The molecule has 0 aliphatic heterocycles. The van der Waals surface area contributed by atoms with Crippen molar-refractivity contribution in [1.82, 2.24) is 0 Å². The first-order valence-corrected chi connectivity index (χ1v) is 1.75. The van der Waals surface area contributed by atoms with Crippen molar-refractivity contribution in [2.24, 2.45) is 0 Å². The molecule has 0 rings (SSSR count). The topological polar surface area (TPSA) is 312 Å². The molecule has 0 atom stereocenters. The van der Waals surface area contributed by atoms with Gasteiger partial charge < -0.3 is 48.5 Å². The standard InChI is InChI=1S/C2H2O.C2H2.CH2O2.CO2.8CH4.7H2O/c1-2-3;1-2;2*2-1-3;;;;;;;;;;;;;;;/h1,3H;1-2H;1H,(H,2,3);;8*1H4;7*1H2. The van der Waals surface area contributed by atoms with E-state index in [9.17, 15) is 0 Å². The molecule has 0 fully saturated rings. The molecular formula is C14H52O12. The van der Waals surface area contributed by atoms with E-state index in [2.05, 4.69) is 19.3 Å². The molecule has 0 saturated heterocycles. The zero-order chi connectivity index (χ0) is 10.1. The van der Waals surface area contributed by atoms with Gasteiger partial charge in [0.25, 0.3) is 6.47 Å². The third-order valence-corrected chi connectivity index (χ3v) is 0. The molecular weight excluding hydrogens is 360 g/mol. The summed E-state index contributed by atoms with van der Waals surface area (Å²) in [5.41, 5.74) is 0. The van der Waals surface area contributed by atoms with Gasteiger partial charge in [0.05, 0.1) is 0 Å². The molecule has 0 amide bonds. The number of rotatable bonds is 0. The van der Waals surface area contributed by atoms with Crippen LogP contribution < -0.4 is 0 Å². The van der Waals surface area contributed by atoms with Crippen molar-refractivity contribution >= 4 is 12.6 Å². The Morgan fingerprint density at radius 2 is 0.615 bits per heavy atom. The van der Waals surface area contributed by atoms with Gasteiger partial charge in [-0.25, -0.2) is 0 Å². The second-order valence-electron chi connectivity index (χ2n) is 0.318. The van der Waals surface area contributed by atoms with E-state index in [0.29, 0.717) is 0 Å². The zero-order valence-electron chi connectivity index (χ0n) is 8.93. The van der Waals surface area contributed by atoms with Crippen molar-refractivity contribution in [3.05, 3.63) is 0 Å². The van der Waals surface area contributed by atoms with Gasteiger partial charge in [0.1, 0.15) is 6.11 Å². The van der Waals surface area contributed by atoms with Crippen LogP contribution in [-0.4, -0.2) is 61.2 Å². The lowest BCUT2D eigenvalue weighted by molar-refractivity contribution is -0.191. The molecule has 26 heavy (non-hydrogen) atoms. The van der Waals surface area contributed by atoms with E-state index in [-0.39, 0.29) is 110 Å². The largest absolute Gasteiger partial charge is 0.483 e. The van der Waals surface area contributed by atoms with E-state index in [1.807, 2.05) is 0 Å². The fourth-order valence-electron chi connectivity index (χ4n) is 0. The summed E-state index contributed by atoms with van der Waals surface area (Å²) >= 11 is 0. The van der Waals surface area contributed by atoms with E-state index in [0.717, 1.165) is 0 Å². The van der Waals surface area contributed by atoms with Crippen molar-refractivity contribution < 1.29 is 62.9 Å². The normalized spacial score (nSPS) is 1.12. The summed E-state index contributed by atoms with van der Waals surface area (Å²) < 4.78 is 0. The number of carboxylic acid groups (broad SMARTS) is 1. The van der Waals surface area contributed by atoms with Gasteiger partial charge in [-0.3, -0.25) is 4.79 Å². The van der Waals surface area contributed by atoms with Crippen LogP contribution in [0.5, 0.6) is 0 Å². The van der Waals surface area contributed by atoms with Gasteiger partial charge >= 0.3 is 6.15 Å². The fraction of sp³-hybridized carbons (Fsp3) is 0.571. The molecule has 0 aromatic carbocycles. The molecule has 0 aromatic heterocycles. The predicted molar refractivity (Wildman–Crippen MR) is 114 cm³/mol. The molecule has 0 aliphatic carbocycles. The Bertz CT molecular complexity index is 150. The van der Waals surface area contributed by atoms with Crippen LogP contribution in [0.2, 0.25) is 0 Å². The van der Waals surface area contributed by atoms with Crippen molar-refractivity contribution in [3.63, 3.8) is 0 Å². The van der Waals surface area contributed by atoms with Gasteiger partial charge in [-0.2, -0.15) is 9.59 Å². The third kappa shape index (κ3) is 1430. The number of terminal acetylenes is 2. The van der Waals surface area contributed by atoms with Gasteiger partial charge in [0.2, 0.25) is 0 Å². The highest BCUT2D eigenvalue weighted by molar-refractivity contribution is 5.32. The van der Waals surface area contributed by atoms with Gasteiger partial charge in [0, 0.05) is 0 Å². The fourth-order valence-corrected chi connectivity index (χ4v) is 0. The van der Waals surface area contributed by atoms with Gasteiger partial charge in [-0.05, 0) is 0 Å². The highest BCUT2D eigenvalue weighted by Gasteiger charge is 1.22. The number of carbonyl (C=O) groups excluding carboxylic acids is 2. The molecule has 0 saturated carbocycles. The Hall–Kier alpha value is -2.51. The maximum atomic E-state index is 8.36. The summed E-state index contributed by atoms with van der Waals surface area (Å²) in [6.07, 6.45) is 13.7. The number of carbonyl (C=O) groups is 1. The van der Waals surface area contributed by atoms with Crippen LogP contribution in [0.4, 0.5) is 0 Å². The van der Waals surface area contributed by atoms with E-state index >= 15 is 0 Å². The minimum atomic E-state index is -0.250. The highest BCUT2D eigenvalue weighted by Crippen LogP contribution is 1.06. The maximum Gasteiger partial charge on any atom is 0.373 e. The molecule has 0 spiro atoms. The molecule has 0 heterocycles. The lowest BCUT2D eigenvalue weighted by atomic mass is 11.3. The summed E-state index contributed by atoms with van der Waals surface area (Å²) in [5.74, 6) is 0. The van der Waals surface area contributed by atoms with Crippen LogP contribution in [-0.2, 0) is 14.4 Å². The monoisotopic (exact) mass is 412 g/mol. The van der Waals surface area contributed by atoms with Crippen molar-refractivity contribution in [2.45, 2.75) is 59.4 Å². The zero-order valence-corrected chi connectivity index (χ0v) is 8.93. The SMILES string of the molecule is C.C.C.C.C.C.C.C.C#C.C#CO.O.O.O.O.O.O.O.O=C=O.O=CO. The predicted octanol–water partition coefficient (Wildman–Crippen LogP) is -1.37. The van der Waals surface area contributed by atoms with Crippen molar-refractivity contribution in [3.8, 4) is 25.4 Å². The lowest BCUT2D eigenvalue weighted by Crippen LogP contribution is -1.49. The summed E-state index contributed by atoms with van der Waals surface area (Å²) in [7, 11) is 0. The molecule has 0 radical (unpaired) electrons. The first-order chi connectivity index (χ1) is 5.24. The van der Waals surface area contributed by atoms with Crippen molar-refractivity contribution in [2.75, 3.05) is 0 Å². The van der Waals surface area contributed by atoms with Gasteiger partial charge in [-0.1, -0.05) is 65.8 Å². The quantitative estimate of drug-likeness (QED) is 0.358. The molecule has 180 valence electrons. The van der Waals surface area contributed by atoms with Crippen molar-refractivity contribution in [1.29, 1.82) is 0 Å². The molecule has 0 unspecified atom stereocenters. The Morgan fingerprint density at radius 3 is 0.615 bits per heavy atom. The summed E-state index contributed by atoms with van der Waals surface area (Å²) in [6.45, 7) is -0.250. The molecule has 16 N–H and O–H groups in total. The average Bonchev–Trinajstić information content (AvgIpc) is 1.96. The Kier molecular flexibility index (Phi) is 981000. The Labute approximate surface area is 161 Å². The smallest absolute Gasteiger partial charge is 0.373 e. The van der Waals surface area contributed by atoms with E-state index in [1.54, 1.807) is 0 Å². The summed E-state index contributed by atoms with van der Waals surface area (Å²) in [4.78, 5) is 24.6. The highest BCUT2D eigenvalue weighted by atomic mass is 16.3. The number of aliphatic hydroxyl groups excluding tert-OH is 1. The molecule has 12 nitrogen and oxygen atoms in total. The van der Waals surface area contributed by atoms with Gasteiger partial charge in [-0.15, -0.1) is 12.8 Å². The third-order valence-electron chi connectivity index (χ3n) is 0. The van der Waals surface area contributed by atoms with Crippen LogP contribution in [0, 0.1) is 25.4 Å². The summed E-state index contributed by atoms with van der Waals surface area (Å²) in [5, 5.41) is 14.0. The lowest BCUT2D eigenvalue weighted by Gasteiger charge is -1.34. The van der Waals surface area contributed by atoms with Crippen LogP contribution in [0.25, 0.3) is 0 Å². The van der Waals surface area contributed by atoms with Gasteiger partial charge in [0.15, 0.2) is 0 Å². The first kappa shape index (κ1) is 589. The van der Waals surface area contributed by atoms with Crippen LogP contribution in [0.15, 0.2) is 0 Å². The number of aliphatic hydroxyl groups is 1. The molecule has 0 bridgehead atoms. The maximum absolute atomic E-state index is 8.36. The minimum absolute atomic E-state index is 0. The second kappa shape index (κ2) is 43300. The number of hydrogen-bond donors (Lipinski definition) is 2. The molecule has 12 heteroatoms. The number of hydrogen-bond acceptors (Lipinski definition) is 4. The Morgan fingerprint density at radius 1 is 0.615 bits per heavy atom.